The minimum Gasteiger partial charge on any atom is -1.00 e. The van der Waals surface area contributed by atoms with Crippen LogP contribution in [0.5, 0.6) is 0 Å². The molecule has 2 atom stereocenters. The minimum absolute atomic E-state index is 0. The van der Waals surface area contributed by atoms with E-state index < -0.39 is 0 Å². The largest absolute Gasteiger partial charge is 2.00 e. The van der Waals surface area contributed by atoms with Crippen LogP contribution in [0.4, 0.5) is 0 Å². The first kappa shape index (κ1) is 29.5. The molecule has 2 aliphatic carbocycles. The van der Waals surface area contributed by atoms with Gasteiger partial charge in [-0.15, -0.1) is 0 Å². The molecular weight excluding hydrogens is 568 g/mol. The van der Waals surface area contributed by atoms with Gasteiger partial charge in [0.2, 0.25) is 0 Å². The molecule has 0 bridgehead atoms. The Balaban J connectivity index is 0.00000118. The zero-order valence-electron chi connectivity index (χ0n) is 21.8. The van der Waals surface area contributed by atoms with Crippen LogP contribution in [0.2, 0.25) is 0 Å². The van der Waals surface area contributed by atoms with Gasteiger partial charge in [0.15, 0.2) is 11.7 Å². The molecule has 7 nitrogen and oxygen atoms in total. The van der Waals surface area contributed by atoms with Crippen molar-refractivity contribution in [2.24, 2.45) is 20.0 Å². The first-order chi connectivity index (χ1) is 17.8. The van der Waals surface area contributed by atoms with Gasteiger partial charge < -0.3 is 34.6 Å². The van der Waals surface area contributed by atoms with Crippen LogP contribution in [0, 0.1) is 0 Å². The molecule has 1 radical (unpaired) electrons. The van der Waals surface area contributed by atoms with Crippen LogP contribution < -0.4 is 24.8 Å². The molecule has 0 spiro atoms. The van der Waals surface area contributed by atoms with Crippen molar-refractivity contribution in [3.63, 3.8) is 0 Å². The van der Waals surface area contributed by atoms with Crippen LogP contribution in [0.1, 0.15) is 49.9 Å². The number of nitrogens with zero attached hydrogens (tertiary/aromatic N) is 7. The van der Waals surface area contributed by atoms with E-state index in [1.807, 2.05) is 18.2 Å². The third kappa shape index (κ3) is 6.02. The van der Waals surface area contributed by atoms with E-state index in [0.29, 0.717) is 11.7 Å². The van der Waals surface area contributed by atoms with Crippen molar-refractivity contribution in [3.8, 4) is 0 Å². The van der Waals surface area contributed by atoms with Crippen LogP contribution in [0.3, 0.4) is 0 Å². The normalized spacial score (nSPS) is 24.9. The summed E-state index contributed by atoms with van der Waals surface area (Å²) in [5.41, 5.74) is 6.07. The van der Waals surface area contributed by atoms with Crippen molar-refractivity contribution in [1.82, 2.24) is 14.8 Å². The molecule has 1 aromatic rings. The summed E-state index contributed by atoms with van der Waals surface area (Å²) in [5.74, 6) is 1.38. The molecule has 201 valence electrons. The summed E-state index contributed by atoms with van der Waals surface area (Å²) in [4.78, 5) is 29.3. The van der Waals surface area contributed by atoms with Gasteiger partial charge >= 0.3 is 18.6 Å². The molecule has 7 rings (SSSR count). The number of aliphatic imine (C=N–C) groups is 4. The predicted molar refractivity (Wildman–Crippen MR) is 145 cm³/mol. The number of piperidine rings is 2. The summed E-state index contributed by atoms with van der Waals surface area (Å²) < 4.78 is 0. The summed E-state index contributed by atoms with van der Waals surface area (Å²) >= 11 is 0. The molecule has 4 aliphatic heterocycles. The number of likely N-dealkylation sites (tertiary alicyclic amines) is 2. The predicted octanol–water partition coefficient (Wildman–Crippen LogP) is -1.89. The summed E-state index contributed by atoms with van der Waals surface area (Å²) in [5, 5.41) is 0. The molecule has 2 saturated heterocycles. The van der Waals surface area contributed by atoms with E-state index in [1.54, 1.807) is 0 Å². The van der Waals surface area contributed by atoms with Gasteiger partial charge in [0.1, 0.15) is 23.5 Å². The van der Waals surface area contributed by atoms with Crippen molar-refractivity contribution >= 4 is 23.1 Å². The molecule has 39 heavy (non-hydrogen) atoms. The Hall–Kier alpha value is -2.45. The van der Waals surface area contributed by atoms with E-state index in [-0.39, 0.29) is 55.5 Å². The van der Waals surface area contributed by atoms with Gasteiger partial charge in [-0.2, -0.15) is 0 Å². The molecular formula is C29H31Cl2N7V. The van der Waals surface area contributed by atoms with Crippen molar-refractivity contribution in [1.29, 1.82) is 0 Å². The average Bonchev–Trinajstić information content (AvgIpc) is 3.58. The van der Waals surface area contributed by atoms with Gasteiger partial charge in [0.25, 0.3) is 0 Å². The standard InChI is InChI=1S/C29H31N7.2ClH.V/c1-3-14-35(15-4-1)20-10-12-22-26(18-20)33-28(31-22)24-8-7-9-25(30-24)29-32-23-13-11-21(19-27(23)34-29)36-16-5-2-6-17-36;;;/h7-13,18-19,22-23H,1-6,14-17H2;2*1H;/q;;;+2/p-2. The van der Waals surface area contributed by atoms with Crippen LogP contribution in [0.25, 0.3) is 0 Å². The molecule has 2 fully saturated rings. The molecule has 0 amide bonds. The second-order valence-electron chi connectivity index (χ2n) is 10.2. The number of aromatic nitrogens is 1. The fourth-order valence-corrected chi connectivity index (χ4v) is 5.76. The fraction of sp³-hybridized carbons (Fsp3) is 0.414. The van der Waals surface area contributed by atoms with E-state index >= 15 is 0 Å². The van der Waals surface area contributed by atoms with Gasteiger partial charge in [-0.3, -0.25) is 9.98 Å². The maximum atomic E-state index is 4.88. The van der Waals surface area contributed by atoms with Gasteiger partial charge in [0.05, 0.1) is 11.4 Å². The van der Waals surface area contributed by atoms with Gasteiger partial charge in [-0.05, 0) is 75.0 Å². The van der Waals surface area contributed by atoms with E-state index in [2.05, 4.69) is 46.3 Å². The SMILES string of the molecule is C1=CC2N=C(c3cccc(C4=NC5C=CC(N6CCCCC6)=CC5=N4)n3)N=C2C=C1N1CCCCC1.[Cl-].[Cl-].[V+2]. The van der Waals surface area contributed by atoms with Crippen LogP contribution >= 0.6 is 0 Å². The summed E-state index contributed by atoms with van der Waals surface area (Å²) in [6.45, 7) is 4.50. The Morgan fingerprint density at radius 1 is 0.615 bits per heavy atom. The number of rotatable bonds is 4. The smallest absolute Gasteiger partial charge is 1.00 e. The zero-order valence-corrected chi connectivity index (χ0v) is 24.7. The molecule has 6 aliphatic rings. The molecule has 0 aromatic carbocycles. The Morgan fingerprint density at radius 3 is 1.49 bits per heavy atom. The third-order valence-electron chi connectivity index (χ3n) is 7.74. The molecule has 1 aromatic heterocycles. The van der Waals surface area contributed by atoms with Gasteiger partial charge in [-0.1, -0.05) is 18.2 Å². The monoisotopic (exact) mass is 598 g/mol. The van der Waals surface area contributed by atoms with Gasteiger partial charge in [-0.25, -0.2) is 15.0 Å². The van der Waals surface area contributed by atoms with Crippen molar-refractivity contribution < 1.29 is 43.4 Å². The molecule has 10 heteroatoms. The summed E-state index contributed by atoms with van der Waals surface area (Å²) in [6.07, 6.45) is 20.8. The van der Waals surface area contributed by atoms with Crippen molar-refractivity contribution in [2.75, 3.05) is 26.2 Å². The topological polar surface area (TPSA) is 68.8 Å². The number of fused-ring (bicyclic) bond motifs is 2. The van der Waals surface area contributed by atoms with E-state index in [0.717, 1.165) is 49.0 Å². The number of hydrogen-bond donors (Lipinski definition) is 0. The average molecular weight is 599 g/mol. The van der Waals surface area contributed by atoms with Crippen molar-refractivity contribution in [2.45, 2.75) is 50.6 Å². The zero-order chi connectivity index (χ0) is 23.9. The Kier molecular flexibility index (Phi) is 9.71. The molecule has 0 saturated carbocycles. The maximum absolute atomic E-state index is 4.88. The second kappa shape index (κ2) is 12.8. The Bertz CT molecular complexity index is 1230. The van der Waals surface area contributed by atoms with Crippen LogP contribution in [0.15, 0.2) is 86.0 Å². The Morgan fingerprint density at radius 2 is 1.05 bits per heavy atom. The minimum atomic E-state index is -0.0191. The molecule has 2 unspecified atom stereocenters. The fourth-order valence-electron chi connectivity index (χ4n) is 5.76. The van der Waals surface area contributed by atoms with E-state index in [9.17, 15) is 0 Å². The van der Waals surface area contributed by atoms with Gasteiger partial charge in [0, 0.05) is 37.6 Å². The number of halogens is 2. The quantitative estimate of drug-likeness (QED) is 0.407. The first-order valence-corrected chi connectivity index (χ1v) is 13.4. The number of pyridine rings is 1. The number of amidine groups is 2. The van der Waals surface area contributed by atoms with E-state index in [4.69, 9.17) is 25.0 Å². The van der Waals surface area contributed by atoms with E-state index in [1.165, 1.54) is 49.9 Å². The van der Waals surface area contributed by atoms with Crippen LogP contribution in [-0.2, 0) is 18.6 Å². The second-order valence-corrected chi connectivity index (χ2v) is 10.2. The maximum Gasteiger partial charge on any atom is 2.00 e. The Labute approximate surface area is 254 Å². The third-order valence-corrected chi connectivity index (χ3v) is 7.74. The first-order valence-electron chi connectivity index (χ1n) is 13.4. The van der Waals surface area contributed by atoms with Crippen molar-refractivity contribution in [3.05, 3.63) is 77.4 Å². The number of hydrogen-bond acceptors (Lipinski definition) is 7. The van der Waals surface area contributed by atoms with Crippen LogP contribution in [-0.4, -0.2) is 76.1 Å². The molecule has 5 heterocycles. The summed E-state index contributed by atoms with van der Waals surface area (Å²) in [6, 6.07) is 5.92. The number of allylic oxidation sites excluding steroid dienone is 2. The summed E-state index contributed by atoms with van der Waals surface area (Å²) in [7, 11) is 0. The molecule has 0 N–H and O–H groups in total.